The fraction of sp³-hybridized carbons (Fsp3) is 0.409. The third kappa shape index (κ3) is 3.49. The van der Waals surface area contributed by atoms with Gasteiger partial charge in [0.15, 0.2) is 0 Å². The fourth-order valence-corrected chi connectivity index (χ4v) is 4.48. The molecule has 9 heteroatoms. The molecule has 2 atom stereocenters. The minimum atomic E-state index is -0.00154. The van der Waals surface area contributed by atoms with Crippen LogP contribution in [0.15, 0.2) is 36.8 Å². The number of amides is 1. The van der Waals surface area contributed by atoms with Gasteiger partial charge < -0.3 is 14.5 Å². The highest BCUT2D eigenvalue weighted by atomic mass is 16.5. The second kappa shape index (κ2) is 7.64. The van der Waals surface area contributed by atoms with Crippen molar-refractivity contribution >= 4 is 11.9 Å². The fourth-order valence-electron chi connectivity index (χ4n) is 4.48. The Labute approximate surface area is 180 Å². The van der Waals surface area contributed by atoms with Crippen molar-refractivity contribution in [2.24, 2.45) is 11.8 Å². The van der Waals surface area contributed by atoms with E-state index < -0.39 is 0 Å². The van der Waals surface area contributed by atoms with Crippen molar-refractivity contribution < 1.29 is 9.53 Å². The summed E-state index contributed by atoms with van der Waals surface area (Å²) in [5.41, 5.74) is 3.31. The molecule has 2 unspecified atom stereocenters. The predicted molar refractivity (Wildman–Crippen MR) is 115 cm³/mol. The van der Waals surface area contributed by atoms with E-state index in [4.69, 9.17) is 4.74 Å². The summed E-state index contributed by atoms with van der Waals surface area (Å²) in [6, 6.07) is 5.39. The quantitative estimate of drug-likeness (QED) is 0.638. The zero-order chi connectivity index (χ0) is 21.5. The van der Waals surface area contributed by atoms with E-state index in [1.807, 2.05) is 24.9 Å². The summed E-state index contributed by atoms with van der Waals surface area (Å²) in [6.07, 6.45) is 5.07. The molecule has 31 heavy (non-hydrogen) atoms. The lowest BCUT2D eigenvalue weighted by Gasteiger charge is -2.23. The first-order valence-electron chi connectivity index (χ1n) is 10.4. The Morgan fingerprint density at radius 1 is 1.06 bits per heavy atom. The minimum absolute atomic E-state index is 0.00154. The van der Waals surface area contributed by atoms with E-state index in [2.05, 4.69) is 25.1 Å². The zero-order valence-electron chi connectivity index (χ0n) is 17.9. The van der Waals surface area contributed by atoms with Crippen LogP contribution >= 0.6 is 0 Å². The molecule has 1 amide bonds. The molecule has 2 saturated heterocycles. The Morgan fingerprint density at radius 2 is 1.77 bits per heavy atom. The van der Waals surface area contributed by atoms with Crippen molar-refractivity contribution in [2.45, 2.75) is 13.8 Å². The van der Waals surface area contributed by atoms with E-state index in [-0.39, 0.29) is 5.91 Å². The van der Waals surface area contributed by atoms with Crippen LogP contribution in [0.5, 0.6) is 5.75 Å². The average molecular weight is 419 g/mol. The van der Waals surface area contributed by atoms with Gasteiger partial charge >= 0.3 is 0 Å². The van der Waals surface area contributed by atoms with Gasteiger partial charge in [0, 0.05) is 56.0 Å². The van der Waals surface area contributed by atoms with Gasteiger partial charge in [0.25, 0.3) is 5.91 Å². The minimum Gasteiger partial charge on any atom is -0.497 e. The molecule has 3 aromatic rings. The summed E-state index contributed by atoms with van der Waals surface area (Å²) in [7, 11) is 1.60. The molecule has 5 rings (SSSR count). The smallest absolute Gasteiger partial charge is 0.256 e. The maximum atomic E-state index is 13.4. The number of anilines is 1. The van der Waals surface area contributed by atoms with E-state index in [0.29, 0.717) is 28.8 Å². The van der Waals surface area contributed by atoms with Gasteiger partial charge in [-0.15, -0.1) is 0 Å². The number of hydrogen-bond donors (Lipinski definition) is 0. The normalized spacial score (nSPS) is 20.2. The number of ether oxygens (including phenoxy) is 1. The molecule has 0 bridgehead atoms. The highest BCUT2D eigenvalue weighted by Crippen LogP contribution is 2.34. The molecule has 0 spiro atoms. The lowest BCUT2D eigenvalue weighted by Crippen LogP contribution is -2.34. The van der Waals surface area contributed by atoms with Gasteiger partial charge in [-0.3, -0.25) is 4.79 Å². The molecule has 0 N–H and O–H groups in total. The lowest BCUT2D eigenvalue weighted by atomic mass is 10.0. The van der Waals surface area contributed by atoms with Gasteiger partial charge in [-0.05, 0) is 31.5 Å². The first kappa shape index (κ1) is 19.5. The number of methoxy groups -OCH3 is 1. The number of likely N-dealkylation sites (tertiary alicyclic amines) is 1. The topological polar surface area (TPSA) is 89.3 Å². The van der Waals surface area contributed by atoms with Crippen LogP contribution in [0, 0.1) is 25.7 Å². The molecule has 0 aliphatic carbocycles. The van der Waals surface area contributed by atoms with Crippen molar-refractivity contribution in [2.75, 3.05) is 38.2 Å². The number of carbonyl (C=O) groups excluding carboxylic acids is 1. The van der Waals surface area contributed by atoms with Crippen molar-refractivity contribution in [3.8, 4) is 11.4 Å². The largest absolute Gasteiger partial charge is 0.497 e. The third-order valence-corrected chi connectivity index (χ3v) is 6.34. The average Bonchev–Trinajstić information content (AvgIpc) is 3.51. The summed E-state index contributed by atoms with van der Waals surface area (Å²) in [5, 5.41) is 8.41. The van der Waals surface area contributed by atoms with Crippen LogP contribution in [-0.4, -0.2) is 69.1 Å². The predicted octanol–water partition coefficient (Wildman–Crippen LogP) is 1.89. The Balaban J connectivity index is 1.33. The van der Waals surface area contributed by atoms with Crippen molar-refractivity contribution in [1.82, 2.24) is 29.9 Å². The standard InChI is InChI=1S/C22H25N7O2/c1-14-9-23-22(26-15(14)2)28-12-16-10-27(11-17(16)13-28)21(30)19-5-4-18(31-3)8-20(19)29-24-6-7-25-29/h4-9,16-17H,10-13H2,1-3H3. The zero-order valence-corrected chi connectivity index (χ0v) is 17.9. The van der Waals surface area contributed by atoms with Crippen LogP contribution in [-0.2, 0) is 0 Å². The number of rotatable bonds is 4. The summed E-state index contributed by atoms with van der Waals surface area (Å²) < 4.78 is 5.33. The molecule has 2 fully saturated rings. The van der Waals surface area contributed by atoms with E-state index in [1.54, 1.807) is 37.7 Å². The second-order valence-electron chi connectivity index (χ2n) is 8.28. The Kier molecular flexibility index (Phi) is 4.80. The maximum absolute atomic E-state index is 13.4. The Bertz CT molecular complexity index is 1100. The van der Waals surface area contributed by atoms with Crippen LogP contribution < -0.4 is 9.64 Å². The van der Waals surface area contributed by atoms with E-state index in [1.165, 1.54) is 4.80 Å². The summed E-state index contributed by atoms with van der Waals surface area (Å²) in [5.74, 6) is 2.28. The number of aromatic nitrogens is 5. The summed E-state index contributed by atoms with van der Waals surface area (Å²) >= 11 is 0. The van der Waals surface area contributed by atoms with Crippen LogP contribution in [0.2, 0.25) is 0 Å². The van der Waals surface area contributed by atoms with Crippen molar-refractivity contribution in [3.63, 3.8) is 0 Å². The third-order valence-electron chi connectivity index (χ3n) is 6.34. The lowest BCUT2D eigenvalue weighted by molar-refractivity contribution is 0.0782. The van der Waals surface area contributed by atoms with Crippen LogP contribution in [0.4, 0.5) is 5.95 Å². The number of hydrogen-bond acceptors (Lipinski definition) is 7. The summed E-state index contributed by atoms with van der Waals surface area (Å²) in [6.45, 7) is 7.22. The molecular formula is C22H25N7O2. The van der Waals surface area contributed by atoms with Gasteiger partial charge in [0.1, 0.15) is 11.4 Å². The highest BCUT2D eigenvalue weighted by molar-refractivity contribution is 5.98. The van der Waals surface area contributed by atoms with Crippen LogP contribution in [0.1, 0.15) is 21.6 Å². The maximum Gasteiger partial charge on any atom is 0.256 e. The highest BCUT2D eigenvalue weighted by Gasteiger charge is 2.43. The molecule has 160 valence electrons. The molecule has 1 aromatic carbocycles. The van der Waals surface area contributed by atoms with Gasteiger partial charge in [0.05, 0.1) is 25.1 Å². The number of nitrogens with zero attached hydrogens (tertiary/aromatic N) is 7. The molecule has 0 radical (unpaired) electrons. The molecule has 0 saturated carbocycles. The monoisotopic (exact) mass is 419 g/mol. The first-order valence-corrected chi connectivity index (χ1v) is 10.4. The van der Waals surface area contributed by atoms with Gasteiger partial charge in [-0.25, -0.2) is 9.97 Å². The van der Waals surface area contributed by atoms with Crippen molar-refractivity contribution in [1.29, 1.82) is 0 Å². The van der Waals surface area contributed by atoms with Gasteiger partial charge in [0.2, 0.25) is 5.95 Å². The Hall–Kier alpha value is -3.49. The van der Waals surface area contributed by atoms with E-state index in [9.17, 15) is 4.79 Å². The molecule has 2 aliphatic rings. The number of carbonyl (C=O) groups is 1. The van der Waals surface area contributed by atoms with Gasteiger partial charge in [-0.2, -0.15) is 15.0 Å². The Morgan fingerprint density at radius 3 is 2.42 bits per heavy atom. The number of benzene rings is 1. The first-order chi connectivity index (χ1) is 15.0. The molecule has 2 aliphatic heterocycles. The summed E-state index contributed by atoms with van der Waals surface area (Å²) in [4.78, 5) is 28.2. The molecule has 2 aromatic heterocycles. The van der Waals surface area contributed by atoms with Crippen LogP contribution in [0.3, 0.4) is 0 Å². The van der Waals surface area contributed by atoms with E-state index in [0.717, 1.165) is 43.4 Å². The van der Waals surface area contributed by atoms with Gasteiger partial charge in [-0.1, -0.05) is 0 Å². The molecule has 9 nitrogen and oxygen atoms in total. The van der Waals surface area contributed by atoms with Crippen LogP contribution in [0.25, 0.3) is 5.69 Å². The van der Waals surface area contributed by atoms with E-state index >= 15 is 0 Å². The second-order valence-corrected chi connectivity index (χ2v) is 8.28. The SMILES string of the molecule is COc1ccc(C(=O)N2CC3CN(c4ncc(C)c(C)n4)CC3C2)c(-n2nccn2)c1. The van der Waals surface area contributed by atoms with Crippen molar-refractivity contribution in [3.05, 3.63) is 53.6 Å². The number of aryl methyl sites for hydroxylation is 2. The molecule has 4 heterocycles. The molecular weight excluding hydrogens is 394 g/mol. The number of fused-ring (bicyclic) bond motifs is 1.